The van der Waals surface area contributed by atoms with Crippen LogP contribution in [0, 0.1) is 0 Å². The topological polar surface area (TPSA) is 36.1 Å². The molecule has 0 aliphatic heterocycles. The van der Waals surface area contributed by atoms with Crippen molar-refractivity contribution in [2.45, 2.75) is 0 Å². The molecule has 1 amide bonds. The summed E-state index contributed by atoms with van der Waals surface area (Å²) >= 11 is 0. The number of amides is 1. The van der Waals surface area contributed by atoms with Crippen LogP contribution in [0.2, 0.25) is 0 Å². The van der Waals surface area contributed by atoms with Crippen LogP contribution in [0.4, 0.5) is 11.4 Å². The van der Waals surface area contributed by atoms with E-state index >= 15 is 0 Å². The van der Waals surface area contributed by atoms with Gasteiger partial charge < -0.3 is 4.98 Å². The van der Waals surface area contributed by atoms with E-state index in [1.807, 2.05) is 84.9 Å². The maximum atomic E-state index is 13.3. The van der Waals surface area contributed by atoms with Gasteiger partial charge in [-0.15, -0.1) is 0 Å². The van der Waals surface area contributed by atoms with E-state index in [0.717, 1.165) is 22.3 Å². The Morgan fingerprint density at radius 2 is 1.25 bits per heavy atom. The highest BCUT2D eigenvalue weighted by Gasteiger charge is 2.22. The van der Waals surface area contributed by atoms with E-state index in [-0.39, 0.29) is 5.91 Å². The molecule has 116 valence electrons. The van der Waals surface area contributed by atoms with E-state index < -0.39 is 0 Å². The van der Waals surface area contributed by atoms with Crippen LogP contribution in [-0.4, -0.2) is 10.9 Å². The number of benzene rings is 3. The molecular weight excluding hydrogens is 296 g/mol. The average Bonchev–Trinajstić information content (AvgIpc) is 3.08. The lowest BCUT2D eigenvalue weighted by atomic mass is 10.1. The molecule has 1 aromatic heterocycles. The monoisotopic (exact) mass is 312 g/mol. The number of H-pyrrole nitrogens is 1. The molecule has 0 aliphatic rings. The Bertz CT molecular complexity index is 935. The number of carbonyl (C=O) groups is 1. The fourth-order valence-corrected chi connectivity index (χ4v) is 2.91. The molecule has 24 heavy (non-hydrogen) atoms. The molecule has 3 aromatic carbocycles. The summed E-state index contributed by atoms with van der Waals surface area (Å²) in [5, 5.41) is 0.930. The highest BCUT2D eigenvalue weighted by atomic mass is 16.2. The largest absolute Gasteiger partial charge is 0.360 e. The van der Waals surface area contributed by atoms with Crippen molar-refractivity contribution >= 4 is 28.2 Å². The van der Waals surface area contributed by atoms with Crippen LogP contribution >= 0.6 is 0 Å². The molecule has 0 bridgehead atoms. The van der Waals surface area contributed by atoms with Crippen molar-refractivity contribution < 1.29 is 4.79 Å². The number of nitrogens with one attached hydrogen (secondary N) is 1. The van der Waals surface area contributed by atoms with E-state index in [1.54, 1.807) is 11.1 Å². The van der Waals surface area contributed by atoms with Gasteiger partial charge in [0.1, 0.15) is 0 Å². The number of hydrogen-bond donors (Lipinski definition) is 1. The molecule has 4 rings (SSSR count). The number of hydrogen-bond acceptors (Lipinski definition) is 1. The second kappa shape index (κ2) is 6.05. The Morgan fingerprint density at radius 1 is 0.708 bits per heavy atom. The minimum atomic E-state index is -0.0511. The number of nitrogens with zero attached hydrogens (tertiary/aromatic N) is 1. The van der Waals surface area contributed by atoms with Crippen molar-refractivity contribution in [1.82, 2.24) is 4.98 Å². The standard InChI is InChI=1S/C21H16N2O/c24-21(19-15-22-20-14-8-7-13-18(19)20)23(16-9-3-1-4-10-16)17-11-5-2-6-12-17/h1-15,22H. The Balaban J connectivity index is 1.86. The summed E-state index contributed by atoms with van der Waals surface area (Å²) in [4.78, 5) is 18.3. The quantitative estimate of drug-likeness (QED) is 0.558. The molecule has 0 unspecified atom stereocenters. The first-order chi connectivity index (χ1) is 11.8. The van der Waals surface area contributed by atoms with Crippen molar-refractivity contribution in [2.75, 3.05) is 4.90 Å². The second-order valence-electron chi connectivity index (χ2n) is 5.56. The predicted octanol–water partition coefficient (Wildman–Crippen LogP) is 5.15. The summed E-state index contributed by atoms with van der Waals surface area (Å²) in [6, 6.07) is 27.3. The first-order valence-electron chi connectivity index (χ1n) is 7.85. The molecule has 1 heterocycles. The third-order valence-electron chi connectivity index (χ3n) is 4.05. The van der Waals surface area contributed by atoms with Gasteiger partial charge in [0.2, 0.25) is 0 Å². The molecule has 0 fully saturated rings. The van der Waals surface area contributed by atoms with Crippen molar-refractivity contribution in [3.8, 4) is 0 Å². The van der Waals surface area contributed by atoms with Crippen molar-refractivity contribution in [3.05, 3.63) is 96.7 Å². The summed E-state index contributed by atoms with van der Waals surface area (Å²) in [5.41, 5.74) is 3.32. The molecule has 0 aliphatic carbocycles. The zero-order chi connectivity index (χ0) is 16.4. The molecule has 1 N–H and O–H groups in total. The third-order valence-corrected chi connectivity index (χ3v) is 4.05. The number of anilines is 2. The first kappa shape index (κ1) is 14.3. The minimum Gasteiger partial charge on any atom is -0.360 e. The van der Waals surface area contributed by atoms with Gasteiger partial charge in [-0.25, -0.2) is 0 Å². The average molecular weight is 312 g/mol. The molecule has 3 nitrogen and oxygen atoms in total. The van der Waals surface area contributed by atoms with Gasteiger partial charge in [0, 0.05) is 28.5 Å². The van der Waals surface area contributed by atoms with Gasteiger partial charge in [0.25, 0.3) is 5.91 Å². The number of carbonyl (C=O) groups excluding carboxylic acids is 1. The minimum absolute atomic E-state index is 0.0511. The molecule has 0 atom stereocenters. The summed E-state index contributed by atoms with van der Waals surface area (Å²) in [7, 11) is 0. The van der Waals surface area contributed by atoms with Crippen LogP contribution in [-0.2, 0) is 0 Å². The number of rotatable bonds is 3. The van der Waals surface area contributed by atoms with Gasteiger partial charge in [-0.1, -0.05) is 54.6 Å². The Morgan fingerprint density at radius 3 is 1.88 bits per heavy atom. The van der Waals surface area contributed by atoms with E-state index in [4.69, 9.17) is 0 Å². The number of para-hydroxylation sites is 3. The molecule has 0 spiro atoms. The van der Waals surface area contributed by atoms with Crippen LogP contribution in [0.1, 0.15) is 10.4 Å². The molecule has 0 radical (unpaired) electrons. The summed E-state index contributed by atoms with van der Waals surface area (Å²) in [6.45, 7) is 0. The van der Waals surface area contributed by atoms with E-state index in [0.29, 0.717) is 5.56 Å². The molecule has 4 aromatic rings. The SMILES string of the molecule is O=C(c1c[nH]c2ccccc12)N(c1ccccc1)c1ccccc1. The highest BCUT2D eigenvalue weighted by molar-refractivity contribution is 6.17. The van der Waals surface area contributed by atoms with Gasteiger partial charge in [-0.05, 0) is 30.3 Å². The van der Waals surface area contributed by atoms with Crippen LogP contribution < -0.4 is 4.90 Å². The number of aromatic nitrogens is 1. The van der Waals surface area contributed by atoms with Gasteiger partial charge >= 0.3 is 0 Å². The van der Waals surface area contributed by atoms with Gasteiger partial charge in [-0.3, -0.25) is 9.69 Å². The second-order valence-corrected chi connectivity index (χ2v) is 5.56. The lowest BCUT2D eigenvalue weighted by Crippen LogP contribution is -2.25. The predicted molar refractivity (Wildman–Crippen MR) is 97.7 cm³/mol. The Kier molecular flexibility index (Phi) is 3.60. The van der Waals surface area contributed by atoms with Crippen LogP contribution in [0.5, 0.6) is 0 Å². The van der Waals surface area contributed by atoms with E-state index in [9.17, 15) is 4.79 Å². The zero-order valence-electron chi connectivity index (χ0n) is 13.0. The summed E-state index contributed by atoms with van der Waals surface area (Å²) < 4.78 is 0. The third kappa shape index (κ3) is 2.46. The van der Waals surface area contributed by atoms with Crippen LogP contribution in [0.25, 0.3) is 10.9 Å². The van der Waals surface area contributed by atoms with Gasteiger partial charge in [0.05, 0.1) is 5.56 Å². The molecule has 3 heteroatoms. The summed E-state index contributed by atoms with van der Waals surface area (Å²) in [5.74, 6) is -0.0511. The van der Waals surface area contributed by atoms with E-state index in [2.05, 4.69) is 4.98 Å². The lowest BCUT2D eigenvalue weighted by Gasteiger charge is -2.22. The molecule has 0 saturated carbocycles. The van der Waals surface area contributed by atoms with Gasteiger partial charge in [-0.2, -0.15) is 0 Å². The van der Waals surface area contributed by atoms with Crippen LogP contribution in [0.3, 0.4) is 0 Å². The fraction of sp³-hybridized carbons (Fsp3) is 0. The number of aromatic amines is 1. The maximum absolute atomic E-state index is 13.3. The smallest absolute Gasteiger partial charge is 0.264 e. The van der Waals surface area contributed by atoms with Crippen molar-refractivity contribution in [3.63, 3.8) is 0 Å². The Labute approximate surface area is 140 Å². The van der Waals surface area contributed by atoms with Crippen molar-refractivity contribution in [1.29, 1.82) is 0 Å². The molecular formula is C21H16N2O. The van der Waals surface area contributed by atoms with Crippen LogP contribution in [0.15, 0.2) is 91.1 Å². The zero-order valence-corrected chi connectivity index (χ0v) is 13.0. The lowest BCUT2D eigenvalue weighted by molar-refractivity contribution is 0.100. The first-order valence-corrected chi connectivity index (χ1v) is 7.85. The Hall–Kier alpha value is -3.33. The maximum Gasteiger partial charge on any atom is 0.264 e. The normalized spacial score (nSPS) is 10.7. The van der Waals surface area contributed by atoms with Crippen molar-refractivity contribution in [2.24, 2.45) is 0 Å². The fourth-order valence-electron chi connectivity index (χ4n) is 2.91. The number of fused-ring (bicyclic) bond motifs is 1. The summed E-state index contributed by atoms with van der Waals surface area (Å²) in [6.07, 6.45) is 1.78. The van der Waals surface area contributed by atoms with E-state index in [1.165, 1.54) is 0 Å². The molecule has 0 saturated heterocycles. The van der Waals surface area contributed by atoms with Gasteiger partial charge in [0.15, 0.2) is 0 Å². The highest BCUT2D eigenvalue weighted by Crippen LogP contribution is 2.29.